The van der Waals surface area contributed by atoms with Crippen molar-refractivity contribution in [1.29, 1.82) is 0 Å². The number of anilines is 2. The predicted molar refractivity (Wildman–Crippen MR) is 128 cm³/mol. The number of aromatic nitrogens is 4. The number of fused-ring (bicyclic) bond motifs is 1. The maximum Gasteiger partial charge on any atom is 0.264 e. The molecule has 0 bridgehead atoms. The highest BCUT2D eigenvalue weighted by atomic mass is 19.1. The van der Waals surface area contributed by atoms with Gasteiger partial charge in [0.25, 0.3) is 5.56 Å². The predicted octanol–water partition coefficient (Wildman–Crippen LogP) is 4.24. The van der Waals surface area contributed by atoms with Crippen molar-refractivity contribution in [3.8, 4) is 22.8 Å². The number of halogens is 2. The number of ether oxygens (including phenoxy) is 1. The second kappa shape index (κ2) is 9.45. The van der Waals surface area contributed by atoms with Gasteiger partial charge in [-0.1, -0.05) is 6.07 Å². The zero-order valence-corrected chi connectivity index (χ0v) is 19.4. The summed E-state index contributed by atoms with van der Waals surface area (Å²) in [6.07, 6.45) is 2.23. The molecule has 9 nitrogen and oxygen atoms in total. The molecule has 0 atom stereocenters. The summed E-state index contributed by atoms with van der Waals surface area (Å²) < 4.78 is 35.6. The summed E-state index contributed by atoms with van der Waals surface area (Å²) in [7, 11) is 1.63. The number of rotatable bonds is 6. The highest BCUT2D eigenvalue weighted by Gasteiger charge is 2.19. The molecule has 4 aromatic rings. The van der Waals surface area contributed by atoms with Crippen molar-refractivity contribution in [1.82, 2.24) is 19.5 Å². The van der Waals surface area contributed by atoms with E-state index in [1.807, 2.05) is 13.8 Å². The van der Waals surface area contributed by atoms with Crippen molar-refractivity contribution in [3.63, 3.8) is 0 Å². The van der Waals surface area contributed by atoms with Crippen molar-refractivity contribution < 1.29 is 18.3 Å². The molecule has 4 rings (SSSR count). The van der Waals surface area contributed by atoms with E-state index < -0.39 is 29.1 Å². The Hall–Kier alpha value is -4.41. The van der Waals surface area contributed by atoms with Gasteiger partial charge in [0.05, 0.1) is 23.0 Å². The van der Waals surface area contributed by atoms with Crippen molar-refractivity contribution in [3.05, 3.63) is 64.7 Å². The Labute approximate surface area is 198 Å². The fourth-order valence-electron chi connectivity index (χ4n) is 3.34. The minimum Gasteiger partial charge on any atom is -0.451 e. The number of carbonyl (C=O) groups excluding carboxylic acids is 1. The van der Waals surface area contributed by atoms with Gasteiger partial charge in [0.15, 0.2) is 11.6 Å². The lowest BCUT2D eigenvalue weighted by atomic mass is 10.1. The molecule has 1 aromatic carbocycles. The first-order valence-corrected chi connectivity index (χ1v) is 10.7. The van der Waals surface area contributed by atoms with Crippen LogP contribution in [0.1, 0.15) is 20.8 Å². The van der Waals surface area contributed by atoms with E-state index in [0.717, 1.165) is 6.20 Å². The van der Waals surface area contributed by atoms with Gasteiger partial charge in [-0.2, -0.15) is 4.39 Å². The van der Waals surface area contributed by atoms with E-state index in [1.54, 1.807) is 31.3 Å². The smallest absolute Gasteiger partial charge is 0.264 e. The van der Waals surface area contributed by atoms with Crippen molar-refractivity contribution in [2.45, 2.75) is 26.8 Å². The molecule has 0 fully saturated rings. The molecule has 35 heavy (non-hydrogen) atoms. The van der Waals surface area contributed by atoms with Gasteiger partial charge in [0, 0.05) is 31.6 Å². The van der Waals surface area contributed by atoms with Gasteiger partial charge >= 0.3 is 0 Å². The molecule has 11 heteroatoms. The molecule has 0 spiro atoms. The molecule has 0 aliphatic heterocycles. The zero-order chi connectivity index (χ0) is 25.3. The lowest BCUT2D eigenvalue weighted by molar-refractivity contribution is -0.114. The average Bonchev–Trinajstić information content (AvgIpc) is 2.81. The molecule has 0 radical (unpaired) electrons. The van der Waals surface area contributed by atoms with Crippen LogP contribution in [0.4, 0.5) is 20.5 Å². The third kappa shape index (κ3) is 4.93. The Morgan fingerprint density at radius 3 is 2.60 bits per heavy atom. The van der Waals surface area contributed by atoms with Crippen LogP contribution in [0.3, 0.4) is 0 Å². The lowest BCUT2D eigenvalue weighted by Gasteiger charge is -2.13. The van der Waals surface area contributed by atoms with Crippen LogP contribution in [0.5, 0.6) is 11.5 Å². The molecule has 0 saturated carbocycles. The Morgan fingerprint density at radius 2 is 1.89 bits per heavy atom. The largest absolute Gasteiger partial charge is 0.451 e. The molecule has 2 N–H and O–H groups in total. The number of hydrogen-bond acceptors (Lipinski definition) is 7. The molecule has 0 unspecified atom stereocenters. The highest BCUT2D eigenvalue weighted by Crippen LogP contribution is 2.32. The van der Waals surface area contributed by atoms with Gasteiger partial charge in [-0.25, -0.2) is 19.3 Å². The maximum atomic E-state index is 14.6. The Bertz CT molecular complexity index is 1500. The monoisotopic (exact) mass is 480 g/mol. The highest BCUT2D eigenvalue weighted by molar-refractivity contribution is 5.88. The van der Waals surface area contributed by atoms with Crippen LogP contribution in [-0.2, 0) is 11.8 Å². The quantitative estimate of drug-likeness (QED) is 0.425. The normalized spacial score (nSPS) is 11.1. The number of nitrogens with zero attached hydrogens (tertiary/aromatic N) is 4. The molecular weight excluding hydrogens is 458 g/mol. The van der Waals surface area contributed by atoms with E-state index >= 15 is 0 Å². The van der Waals surface area contributed by atoms with E-state index in [9.17, 15) is 18.4 Å². The van der Waals surface area contributed by atoms with Crippen LogP contribution < -0.4 is 20.9 Å². The molecule has 3 aromatic heterocycles. The molecular formula is C24H22F2N6O3. The van der Waals surface area contributed by atoms with Gasteiger partial charge in [-0.05, 0) is 38.1 Å². The fourth-order valence-corrected chi connectivity index (χ4v) is 3.34. The van der Waals surface area contributed by atoms with Crippen LogP contribution in [0.15, 0.2) is 47.5 Å². The van der Waals surface area contributed by atoms with Crippen LogP contribution in [0, 0.1) is 11.6 Å². The summed E-state index contributed by atoms with van der Waals surface area (Å²) in [4.78, 5) is 36.4. The van der Waals surface area contributed by atoms with Gasteiger partial charge < -0.3 is 15.4 Å². The minimum absolute atomic E-state index is 0.111. The lowest BCUT2D eigenvalue weighted by Crippen LogP contribution is -2.25. The van der Waals surface area contributed by atoms with Gasteiger partial charge in [-0.3, -0.25) is 14.2 Å². The van der Waals surface area contributed by atoms with Crippen molar-refractivity contribution >= 4 is 28.6 Å². The van der Waals surface area contributed by atoms with Crippen LogP contribution in [0.2, 0.25) is 0 Å². The molecule has 3 heterocycles. The first-order chi connectivity index (χ1) is 16.6. The Balaban J connectivity index is 1.66. The third-order valence-corrected chi connectivity index (χ3v) is 4.97. The number of benzene rings is 1. The third-order valence-electron chi connectivity index (χ3n) is 4.97. The summed E-state index contributed by atoms with van der Waals surface area (Å²) in [5.74, 6) is -3.25. The van der Waals surface area contributed by atoms with E-state index in [4.69, 9.17) is 4.74 Å². The number of amides is 1. The molecule has 0 aliphatic rings. The van der Waals surface area contributed by atoms with Crippen LogP contribution >= 0.6 is 0 Å². The molecule has 0 saturated heterocycles. The first-order valence-electron chi connectivity index (χ1n) is 10.7. The second-order valence-electron chi connectivity index (χ2n) is 8.09. The molecule has 1 amide bonds. The summed E-state index contributed by atoms with van der Waals surface area (Å²) >= 11 is 0. The summed E-state index contributed by atoms with van der Waals surface area (Å²) in [5, 5.41) is 5.91. The number of hydrogen-bond donors (Lipinski definition) is 2. The summed E-state index contributed by atoms with van der Waals surface area (Å²) in [6.45, 7) is 5.07. The number of nitrogens with one attached hydrogen (secondary N) is 2. The SMILES string of the molecule is CC(=O)Nc1ncc(F)c(Oc2ccc3nc(-c4cnc(NC(C)C)n(C)c4=O)ccc3c2)c1F. The Kier molecular flexibility index (Phi) is 6.41. The standard InChI is InChI=1S/C24H22F2N6O3/c1-12(2)29-24-28-10-16(23(34)32(24)4)19-7-5-14-9-15(6-8-18(14)31-19)35-21-17(25)11-27-22(20(21)26)30-13(3)33/h5-12H,1-4H3,(H,28,29)(H,27,30,33). The van der Waals surface area contributed by atoms with Crippen LogP contribution in [0.25, 0.3) is 22.2 Å². The summed E-state index contributed by atoms with van der Waals surface area (Å²) in [6, 6.07) is 8.12. The van der Waals surface area contributed by atoms with Crippen LogP contribution in [-0.4, -0.2) is 31.5 Å². The van der Waals surface area contributed by atoms with E-state index in [1.165, 1.54) is 23.8 Å². The maximum absolute atomic E-state index is 14.6. The minimum atomic E-state index is -1.13. The number of pyridine rings is 2. The average molecular weight is 480 g/mol. The van der Waals surface area contributed by atoms with E-state index in [2.05, 4.69) is 25.6 Å². The molecule has 180 valence electrons. The van der Waals surface area contributed by atoms with Crippen molar-refractivity contribution in [2.24, 2.45) is 7.05 Å². The molecule has 0 aliphatic carbocycles. The van der Waals surface area contributed by atoms with Crippen molar-refractivity contribution in [2.75, 3.05) is 10.6 Å². The topological polar surface area (TPSA) is 111 Å². The Morgan fingerprint density at radius 1 is 1.11 bits per heavy atom. The zero-order valence-electron chi connectivity index (χ0n) is 19.4. The second-order valence-corrected chi connectivity index (χ2v) is 8.09. The van der Waals surface area contributed by atoms with Gasteiger partial charge in [0.2, 0.25) is 23.4 Å². The fraction of sp³-hybridized carbons (Fsp3) is 0.208. The number of carbonyl (C=O) groups is 1. The summed E-state index contributed by atoms with van der Waals surface area (Å²) in [5.41, 5.74) is 1.04. The van der Waals surface area contributed by atoms with Gasteiger partial charge in [-0.15, -0.1) is 0 Å². The van der Waals surface area contributed by atoms with E-state index in [0.29, 0.717) is 28.1 Å². The first kappa shape index (κ1) is 23.7. The van der Waals surface area contributed by atoms with E-state index in [-0.39, 0.29) is 17.4 Å². The van der Waals surface area contributed by atoms with Gasteiger partial charge in [0.1, 0.15) is 5.75 Å².